The molecule has 4 heterocycles. The monoisotopic (exact) mass is 498 g/mol. The van der Waals surface area contributed by atoms with Crippen LogP contribution in [0.1, 0.15) is 19.3 Å². The van der Waals surface area contributed by atoms with Crippen LogP contribution in [0.3, 0.4) is 0 Å². The Kier molecular flexibility index (Phi) is 8.78. The van der Waals surface area contributed by atoms with Crippen LogP contribution in [0.4, 0.5) is 0 Å². The minimum absolute atomic E-state index is 0.372. The number of piperazine rings is 1. The Hall–Kier alpha value is -2.45. The number of nitrogens with one attached hydrogen (secondary N) is 1. The third-order valence-corrected chi connectivity index (χ3v) is 7.82. The molecule has 0 unspecified atom stereocenters. The first-order valence-electron chi connectivity index (χ1n) is 12.3. The minimum Gasteiger partial charge on any atom is -0.360 e. The summed E-state index contributed by atoms with van der Waals surface area (Å²) in [6.07, 6.45) is 17.1. The SMILES string of the molecule is CS(C)(C)CCOCn1ccc2c(-c3cnn(C[C@@H](CCCC#N)N4CCNCC4)c3)ncnc21. The fourth-order valence-electron chi connectivity index (χ4n) is 4.46. The van der Waals surface area contributed by atoms with Gasteiger partial charge in [0.25, 0.3) is 0 Å². The molecule has 4 rings (SSSR count). The predicted molar refractivity (Wildman–Crippen MR) is 143 cm³/mol. The van der Waals surface area contributed by atoms with Crippen molar-refractivity contribution < 1.29 is 4.74 Å². The first-order chi connectivity index (χ1) is 16.9. The fraction of sp³-hybridized carbons (Fsp3) is 0.600. The van der Waals surface area contributed by atoms with Gasteiger partial charge in [0.1, 0.15) is 18.7 Å². The van der Waals surface area contributed by atoms with Gasteiger partial charge >= 0.3 is 0 Å². The third kappa shape index (κ3) is 7.04. The van der Waals surface area contributed by atoms with E-state index < -0.39 is 10.0 Å². The Labute approximate surface area is 209 Å². The molecular formula is C25H38N8OS. The fourth-order valence-corrected chi connectivity index (χ4v) is 5.08. The zero-order valence-electron chi connectivity index (χ0n) is 21.2. The molecule has 1 saturated heterocycles. The molecule has 190 valence electrons. The number of rotatable bonds is 12. The molecule has 1 N–H and O–H groups in total. The predicted octanol–water partition coefficient (Wildman–Crippen LogP) is 2.93. The van der Waals surface area contributed by atoms with Crippen molar-refractivity contribution >= 4 is 21.1 Å². The summed E-state index contributed by atoms with van der Waals surface area (Å²) in [5, 5.41) is 18.1. The molecule has 0 amide bonds. The largest absolute Gasteiger partial charge is 0.360 e. The number of hydrogen-bond donors (Lipinski definition) is 1. The first kappa shape index (κ1) is 25.6. The van der Waals surface area contributed by atoms with Gasteiger partial charge in [-0.2, -0.15) is 10.4 Å². The van der Waals surface area contributed by atoms with Gasteiger partial charge in [0, 0.05) is 67.7 Å². The summed E-state index contributed by atoms with van der Waals surface area (Å²) >= 11 is 0. The average Bonchev–Trinajstić information content (AvgIpc) is 3.48. The van der Waals surface area contributed by atoms with Crippen molar-refractivity contribution in [2.24, 2.45) is 0 Å². The van der Waals surface area contributed by atoms with Gasteiger partial charge < -0.3 is 14.6 Å². The van der Waals surface area contributed by atoms with Crippen molar-refractivity contribution in [1.82, 2.24) is 34.5 Å². The van der Waals surface area contributed by atoms with Crippen molar-refractivity contribution in [3.8, 4) is 17.3 Å². The second kappa shape index (κ2) is 12.0. The topological polar surface area (TPSA) is 96.8 Å². The van der Waals surface area contributed by atoms with E-state index in [2.05, 4.69) is 62.4 Å². The van der Waals surface area contributed by atoms with Crippen LogP contribution in [0.25, 0.3) is 22.3 Å². The Morgan fingerprint density at radius 3 is 2.83 bits per heavy atom. The molecule has 0 radical (unpaired) electrons. The lowest BCUT2D eigenvalue weighted by Gasteiger charge is -2.35. The third-order valence-electron chi connectivity index (χ3n) is 6.42. The summed E-state index contributed by atoms with van der Waals surface area (Å²) in [6, 6.07) is 4.71. The van der Waals surface area contributed by atoms with E-state index in [1.807, 2.05) is 21.6 Å². The quantitative estimate of drug-likeness (QED) is 0.384. The Balaban J connectivity index is 1.46. The summed E-state index contributed by atoms with van der Waals surface area (Å²) < 4.78 is 10.00. The van der Waals surface area contributed by atoms with Gasteiger partial charge in [-0.15, -0.1) is 0 Å². The second-order valence-electron chi connectivity index (χ2n) is 10.0. The molecule has 1 aliphatic heterocycles. The first-order valence-corrected chi connectivity index (χ1v) is 15.4. The lowest BCUT2D eigenvalue weighted by Crippen LogP contribution is -2.49. The summed E-state index contributed by atoms with van der Waals surface area (Å²) in [5.41, 5.74) is 2.76. The van der Waals surface area contributed by atoms with Crippen LogP contribution in [0.5, 0.6) is 0 Å². The maximum atomic E-state index is 8.98. The molecule has 10 heteroatoms. The standard InChI is InChI=1S/C25H38N8OS/c1-35(2,3)15-14-34-20-32-11-7-23-24(28-19-29-25(23)32)21-16-30-33(17-21)18-22(6-4-5-8-26)31-12-9-27-10-13-31/h7,11,16-17,19,22,27H,4-6,9-10,12-15,18,20H2,1-3H3/t22-/m1/s1. The van der Waals surface area contributed by atoms with Gasteiger partial charge in [-0.05, 0) is 37.7 Å². The Morgan fingerprint density at radius 1 is 1.23 bits per heavy atom. The van der Waals surface area contributed by atoms with Crippen LogP contribution >= 0.6 is 10.0 Å². The van der Waals surface area contributed by atoms with E-state index >= 15 is 0 Å². The smallest absolute Gasteiger partial charge is 0.145 e. The summed E-state index contributed by atoms with van der Waals surface area (Å²) in [7, 11) is -0.561. The normalized spacial score (nSPS) is 16.4. The molecule has 9 nitrogen and oxygen atoms in total. The van der Waals surface area contributed by atoms with Gasteiger partial charge in [0.05, 0.1) is 31.1 Å². The maximum Gasteiger partial charge on any atom is 0.145 e. The van der Waals surface area contributed by atoms with E-state index in [-0.39, 0.29) is 0 Å². The van der Waals surface area contributed by atoms with Crippen LogP contribution in [-0.2, 0) is 18.0 Å². The van der Waals surface area contributed by atoms with Crippen molar-refractivity contribution in [2.45, 2.75) is 38.6 Å². The molecule has 35 heavy (non-hydrogen) atoms. The lowest BCUT2D eigenvalue weighted by molar-refractivity contribution is 0.0923. The van der Waals surface area contributed by atoms with Gasteiger partial charge in [-0.3, -0.25) is 9.58 Å². The van der Waals surface area contributed by atoms with Crippen molar-refractivity contribution in [1.29, 1.82) is 5.26 Å². The highest BCUT2D eigenvalue weighted by Crippen LogP contribution is 2.33. The molecule has 0 spiro atoms. The molecule has 0 saturated carbocycles. The van der Waals surface area contributed by atoms with Gasteiger partial charge in [0.2, 0.25) is 0 Å². The maximum absolute atomic E-state index is 8.98. The highest BCUT2D eigenvalue weighted by Gasteiger charge is 2.21. The van der Waals surface area contributed by atoms with Crippen molar-refractivity contribution in [3.05, 3.63) is 31.0 Å². The van der Waals surface area contributed by atoms with E-state index in [1.54, 1.807) is 6.33 Å². The molecule has 0 aromatic carbocycles. The number of hydrogen-bond acceptors (Lipinski definition) is 7. The van der Waals surface area contributed by atoms with Crippen LogP contribution in [0, 0.1) is 11.3 Å². The summed E-state index contributed by atoms with van der Waals surface area (Å²) in [6.45, 7) is 6.14. The molecule has 1 fully saturated rings. The number of nitrogens with zero attached hydrogens (tertiary/aromatic N) is 7. The second-order valence-corrected chi connectivity index (χ2v) is 14.6. The highest BCUT2D eigenvalue weighted by molar-refractivity contribution is 8.32. The summed E-state index contributed by atoms with van der Waals surface area (Å²) in [4.78, 5) is 11.6. The average molecular weight is 499 g/mol. The molecule has 1 atom stereocenters. The lowest BCUT2D eigenvalue weighted by atomic mass is 10.1. The molecule has 3 aromatic heterocycles. The van der Waals surface area contributed by atoms with Crippen LogP contribution in [0.15, 0.2) is 31.0 Å². The van der Waals surface area contributed by atoms with Crippen molar-refractivity contribution in [3.63, 3.8) is 0 Å². The highest BCUT2D eigenvalue weighted by atomic mass is 32.3. The number of unbranched alkanes of at least 4 members (excludes halogenated alkanes) is 1. The van der Waals surface area contributed by atoms with E-state index in [4.69, 9.17) is 10.00 Å². The van der Waals surface area contributed by atoms with E-state index in [9.17, 15) is 0 Å². The van der Waals surface area contributed by atoms with E-state index in [0.717, 1.165) is 80.2 Å². The van der Waals surface area contributed by atoms with E-state index in [0.29, 0.717) is 19.2 Å². The Morgan fingerprint density at radius 2 is 2.06 bits per heavy atom. The zero-order chi connectivity index (χ0) is 24.7. The van der Waals surface area contributed by atoms with Gasteiger partial charge in [-0.25, -0.2) is 20.0 Å². The zero-order valence-corrected chi connectivity index (χ0v) is 22.0. The number of ether oxygens (including phenoxy) is 1. The molecule has 0 bridgehead atoms. The summed E-state index contributed by atoms with van der Waals surface area (Å²) in [5.74, 6) is 1.09. The number of aromatic nitrogens is 5. The van der Waals surface area contributed by atoms with Crippen LogP contribution in [0.2, 0.25) is 0 Å². The van der Waals surface area contributed by atoms with Crippen LogP contribution in [-0.4, -0.2) is 92.6 Å². The molecular weight excluding hydrogens is 460 g/mol. The van der Waals surface area contributed by atoms with Crippen LogP contribution < -0.4 is 5.32 Å². The number of nitriles is 1. The van der Waals surface area contributed by atoms with Gasteiger partial charge in [0.15, 0.2) is 0 Å². The molecule has 3 aromatic rings. The van der Waals surface area contributed by atoms with Crippen molar-refractivity contribution in [2.75, 3.05) is 57.3 Å². The number of fused-ring (bicyclic) bond motifs is 1. The Bertz CT molecular complexity index is 1120. The van der Waals surface area contributed by atoms with E-state index in [1.165, 1.54) is 0 Å². The molecule has 1 aliphatic rings. The minimum atomic E-state index is -0.561. The molecule has 0 aliphatic carbocycles. The van der Waals surface area contributed by atoms with Gasteiger partial charge in [-0.1, -0.05) is 0 Å².